The maximum absolute atomic E-state index is 12.4. The van der Waals surface area contributed by atoms with Crippen molar-refractivity contribution in [2.45, 2.75) is 45.0 Å². The highest BCUT2D eigenvalue weighted by Crippen LogP contribution is 2.18. The van der Waals surface area contributed by atoms with Crippen molar-refractivity contribution in [1.29, 1.82) is 0 Å². The standard InChI is InChI=1S/C20H31N3O3.2ClH/c1-15-13-23(7-10-26-15)14-17-4-2-3-16(11-17)12-22-20(24)19(21)18-5-8-25-9-6-18;;/h2-4,11,15,18-19H,5-10,12-14,21H2,1H3,(H,22,24);2*1H. The molecule has 2 aliphatic rings. The topological polar surface area (TPSA) is 76.8 Å². The number of morpholine rings is 1. The molecule has 2 atom stereocenters. The van der Waals surface area contributed by atoms with Gasteiger partial charge in [-0.15, -0.1) is 24.8 Å². The smallest absolute Gasteiger partial charge is 0.237 e. The predicted molar refractivity (Wildman–Crippen MR) is 115 cm³/mol. The lowest BCUT2D eigenvalue weighted by Crippen LogP contribution is -2.46. The zero-order chi connectivity index (χ0) is 18.4. The highest BCUT2D eigenvalue weighted by atomic mass is 35.5. The van der Waals surface area contributed by atoms with E-state index in [0.717, 1.165) is 44.6 Å². The molecular formula is C20H33Cl2N3O3. The maximum Gasteiger partial charge on any atom is 0.237 e. The monoisotopic (exact) mass is 433 g/mol. The molecule has 0 bridgehead atoms. The van der Waals surface area contributed by atoms with Gasteiger partial charge in [0.25, 0.3) is 0 Å². The van der Waals surface area contributed by atoms with E-state index in [4.69, 9.17) is 15.2 Å². The number of hydrogen-bond donors (Lipinski definition) is 2. The molecule has 2 aliphatic heterocycles. The van der Waals surface area contributed by atoms with E-state index in [1.165, 1.54) is 5.56 Å². The summed E-state index contributed by atoms with van der Waals surface area (Å²) in [6, 6.07) is 7.96. The number of rotatable bonds is 6. The Balaban J connectivity index is 0.00000196. The molecule has 1 amide bonds. The first-order valence-electron chi connectivity index (χ1n) is 9.64. The van der Waals surface area contributed by atoms with Crippen LogP contribution in [0.4, 0.5) is 0 Å². The van der Waals surface area contributed by atoms with Crippen LogP contribution in [0.3, 0.4) is 0 Å². The Morgan fingerprint density at radius 2 is 1.96 bits per heavy atom. The lowest BCUT2D eigenvalue weighted by molar-refractivity contribution is -0.124. The molecule has 6 nitrogen and oxygen atoms in total. The summed E-state index contributed by atoms with van der Waals surface area (Å²) in [5.41, 5.74) is 8.51. The van der Waals surface area contributed by atoms with Crippen LogP contribution in [-0.4, -0.2) is 55.9 Å². The molecule has 28 heavy (non-hydrogen) atoms. The van der Waals surface area contributed by atoms with E-state index in [-0.39, 0.29) is 42.7 Å². The Labute approximate surface area is 180 Å². The molecular weight excluding hydrogens is 401 g/mol. The minimum absolute atomic E-state index is 0. The molecule has 2 unspecified atom stereocenters. The Hall–Kier alpha value is -0.890. The summed E-state index contributed by atoms with van der Waals surface area (Å²) in [6.45, 7) is 7.66. The molecule has 0 aromatic heterocycles. The molecule has 8 heteroatoms. The molecule has 160 valence electrons. The Morgan fingerprint density at radius 3 is 2.68 bits per heavy atom. The lowest BCUT2D eigenvalue weighted by Gasteiger charge is -2.31. The van der Waals surface area contributed by atoms with Gasteiger partial charge in [-0.1, -0.05) is 24.3 Å². The van der Waals surface area contributed by atoms with E-state index >= 15 is 0 Å². The molecule has 0 radical (unpaired) electrons. The minimum atomic E-state index is -0.447. The second kappa shape index (κ2) is 12.6. The minimum Gasteiger partial charge on any atom is -0.381 e. The SMILES string of the molecule is CC1CN(Cc2cccc(CNC(=O)C(N)C3CCOCC3)c2)CCO1.Cl.Cl. The molecule has 2 saturated heterocycles. The number of benzene rings is 1. The third-order valence-electron chi connectivity index (χ3n) is 5.27. The van der Waals surface area contributed by atoms with Gasteiger partial charge in [0.1, 0.15) is 0 Å². The van der Waals surface area contributed by atoms with Gasteiger partial charge >= 0.3 is 0 Å². The number of ether oxygens (including phenoxy) is 2. The quantitative estimate of drug-likeness (QED) is 0.718. The summed E-state index contributed by atoms with van der Waals surface area (Å²) < 4.78 is 10.9. The maximum atomic E-state index is 12.4. The van der Waals surface area contributed by atoms with Gasteiger partial charge in [-0.3, -0.25) is 9.69 Å². The number of nitrogens with zero attached hydrogens (tertiary/aromatic N) is 1. The van der Waals surface area contributed by atoms with Gasteiger partial charge in [0.15, 0.2) is 0 Å². The fourth-order valence-corrected chi connectivity index (χ4v) is 3.73. The zero-order valence-electron chi connectivity index (χ0n) is 16.5. The van der Waals surface area contributed by atoms with Crippen LogP contribution >= 0.6 is 24.8 Å². The predicted octanol–water partition coefficient (Wildman–Crippen LogP) is 2.12. The van der Waals surface area contributed by atoms with Gasteiger partial charge in [0, 0.05) is 39.4 Å². The van der Waals surface area contributed by atoms with Crippen LogP contribution in [0.5, 0.6) is 0 Å². The van der Waals surface area contributed by atoms with Crippen molar-refractivity contribution in [2.24, 2.45) is 11.7 Å². The molecule has 3 N–H and O–H groups in total. The van der Waals surface area contributed by atoms with Crippen molar-refractivity contribution in [2.75, 3.05) is 32.9 Å². The van der Waals surface area contributed by atoms with E-state index in [1.807, 2.05) is 6.07 Å². The fraction of sp³-hybridized carbons (Fsp3) is 0.650. The van der Waals surface area contributed by atoms with Gasteiger partial charge in [-0.2, -0.15) is 0 Å². The normalized spacial score (nSPS) is 21.9. The molecule has 3 rings (SSSR count). The largest absolute Gasteiger partial charge is 0.381 e. The van der Waals surface area contributed by atoms with Gasteiger partial charge in [0.05, 0.1) is 18.8 Å². The number of hydrogen-bond acceptors (Lipinski definition) is 5. The number of carbonyl (C=O) groups excluding carboxylic acids is 1. The first-order valence-corrected chi connectivity index (χ1v) is 9.64. The number of amides is 1. The van der Waals surface area contributed by atoms with E-state index in [0.29, 0.717) is 19.8 Å². The molecule has 0 spiro atoms. The van der Waals surface area contributed by atoms with Crippen LogP contribution in [0.1, 0.15) is 30.9 Å². The average Bonchev–Trinajstić information content (AvgIpc) is 2.66. The Bertz CT molecular complexity index is 600. The molecule has 2 fully saturated rings. The lowest BCUT2D eigenvalue weighted by atomic mass is 9.92. The number of carbonyl (C=O) groups is 1. The van der Waals surface area contributed by atoms with Crippen LogP contribution < -0.4 is 11.1 Å². The highest BCUT2D eigenvalue weighted by Gasteiger charge is 2.26. The first kappa shape index (κ1) is 25.1. The van der Waals surface area contributed by atoms with E-state index < -0.39 is 6.04 Å². The average molecular weight is 434 g/mol. The second-order valence-electron chi connectivity index (χ2n) is 7.43. The summed E-state index contributed by atoms with van der Waals surface area (Å²) in [5.74, 6) is 0.155. The summed E-state index contributed by atoms with van der Waals surface area (Å²) in [7, 11) is 0. The van der Waals surface area contributed by atoms with E-state index in [2.05, 4.69) is 35.3 Å². The summed E-state index contributed by atoms with van der Waals surface area (Å²) >= 11 is 0. The third kappa shape index (κ3) is 7.50. The van der Waals surface area contributed by atoms with Gasteiger partial charge < -0.3 is 20.5 Å². The van der Waals surface area contributed by atoms with E-state index in [9.17, 15) is 4.79 Å². The summed E-state index contributed by atoms with van der Waals surface area (Å²) in [4.78, 5) is 14.8. The molecule has 1 aromatic carbocycles. The highest BCUT2D eigenvalue weighted by molar-refractivity contribution is 5.85. The van der Waals surface area contributed by atoms with Gasteiger partial charge in [-0.05, 0) is 36.8 Å². The number of nitrogens with one attached hydrogen (secondary N) is 1. The van der Waals surface area contributed by atoms with Crippen LogP contribution in [0.2, 0.25) is 0 Å². The van der Waals surface area contributed by atoms with Crippen molar-refractivity contribution in [3.63, 3.8) is 0 Å². The first-order chi connectivity index (χ1) is 12.6. The van der Waals surface area contributed by atoms with Crippen molar-refractivity contribution in [3.8, 4) is 0 Å². The molecule has 2 heterocycles. The van der Waals surface area contributed by atoms with Crippen molar-refractivity contribution in [3.05, 3.63) is 35.4 Å². The van der Waals surface area contributed by atoms with Crippen LogP contribution in [-0.2, 0) is 27.4 Å². The van der Waals surface area contributed by atoms with Crippen molar-refractivity contribution in [1.82, 2.24) is 10.2 Å². The summed E-state index contributed by atoms with van der Waals surface area (Å²) in [5, 5.41) is 3.00. The van der Waals surface area contributed by atoms with E-state index in [1.54, 1.807) is 0 Å². The molecule has 0 saturated carbocycles. The molecule has 0 aliphatic carbocycles. The molecule has 1 aromatic rings. The van der Waals surface area contributed by atoms with Crippen LogP contribution in [0, 0.1) is 5.92 Å². The van der Waals surface area contributed by atoms with Crippen molar-refractivity contribution >= 4 is 30.7 Å². The van der Waals surface area contributed by atoms with Gasteiger partial charge in [0.2, 0.25) is 5.91 Å². The number of nitrogens with two attached hydrogens (primary N) is 1. The van der Waals surface area contributed by atoms with Crippen LogP contribution in [0.15, 0.2) is 24.3 Å². The van der Waals surface area contributed by atoms with Gasteiger partial charge in [-0.25, -0.2) is 0 Å². The Kier molecular flexibility index (Phi) is 11.3. The Morgan fingerprint density at radius 1 is 1.25 bits per heavy atom. The van der Waals surface area contributed by atoms with Crippen molar-refractivity contribution < 1.29 is 14.3 Å². The second-order valence-corrected chi connectivity index (χ2v) is 7.43. The summed E-state index contributed by atoms with van der Waals surface area (Å²) in [6.07, 6.45) is 2.02. The fourth-order valence-electron chi connectivity index (χ4n) is 3.73. The van der Waals surface area contributed by atoms with Crippen LogP contribution in [0.25, 0.3) is 0 Å². The zero-order valence-corrected chi connectivity index (χ0v) is 18.1. The number of halogens is 2. The third-order valence-corrected chi connectivity index (χ3v) is 5.27.